The van der Waals surface area contributed by atoms with Gasteiger partial charge in [-0.05, 0) is 26.0 Å². The Hall–Kier alpha value is -2.11. The van der Waals surface area contributed by atoms with E-state index in [1.807, 2.05) is 0 Å². The Labute approximate surface area is 98.6 Å². The van der Waals surface area contributed by atoms with Crippen molar-refractivity contribution in [2.24, 2.45) is 0 Å². The third kappa shape index (κ3) is 4.96. The van der Waals surface area contributed by atoms with E-state index >= 15 is 0 Å². The van der Waals surface area contributed by atoms with E-state index < -0.39 is 12.1 Å². The molecule has 0 spiro atoms. The molecule has 6 heteroatoms. The summed E-state index contributed by atoms with van der Waals surface area (Å²) < 4.78 is 4.88. The van der Waals surface area contributed by atoms with Crippen molar-refractivity contribution < 1.29 is 19.4 Å². The first-order valence-corrected chi connectivity index (χ1v) is 5.11. The standard InChI is InChI=1S/C11H14N2O4/c1-7(2)17-11(16)13-9-4-3-8(12-6-9)5-10(14)15/h3-4,6-7H,5H2,1-2H3,(H,13,16)(H,14,15). The number of carbonyl (C=O) groups is 2. The van der Waals surface area contributed by atoms with E-state index in [2.05, 4.69) is 10.3 Å². The van der Waals surface area contributed by atoms with E-state index in [9.17, 15) is 9.59 Å². The van der Waals surface area contributed by atoms with Crippen molar-refractivity contribution >= 4 is 17.7 Å². The van der Waals surface area contributed by atoms with Crippen molar-refractivity contribution in [1.29, 1.82) is 0 Å². The maximum Gasteiger partial charge on any atom is 0.411 e. The molecule has 6 nitrogen and oxygen atoms in total. The number of carboxylic acid groups (broad SMARTS) is 1. The molecule has 0 aliphatic carbocycles. The third-order valence-electron chi connectivity index (χ3n) is 1.75. The lowest BCUT2D eigenvalue weighted by molar-refractivity contribution is -0.136. The third-order valence-corrected chi connectivity index (χ3v) is 1.75. The second-order valence-corrected chi connectivity index (χ2v) is 3.69. The van der Waals surface area contributed by atoms with Crippen LogP contribution in [0.25, 0.3) is 0 Å². The predicted octanol–water partition coefficient (Wildman–Crippen LogP) is 1.67. The van der Waals surface area contributed by atoms with Gasteiger partial charge in [0.15, 0.2) is 0 Å². The zero-order valence-electron chi connectivity index (χ0n) is 9.64. The number of pyridine rings is 1. The summed E-state index contributed by atoms with van der Waals surface area (Å²) in [4.78, 5) is 25.6. The van der Waals surface area contributed by atoms with Gasteiger partial charge in [-0.25, -0.2) is 4.79 Å². The molecule has 0 aliphatic rings. The fourth-order valence-corrected chi connectivity index (χ4v) is 1.12. The molecule has 0 saturated carbocycles. The number of ether oxygens (including phenoxy) is 1. The van der Waals surface area contributed by atoms with Crippen molar-refractivity contribution in [2.75, 3.05) is 5.32 Å². The van der Waals surface area contributed by atoms with Crippen LogP contribution in [0, 0.1) is 0 Å². The summed E-state index contributed by atoms with van der Waals surface area (Å²) in [6.45, 7) is 3.49. The van der Waals surface area contributed by atoms with E-state index in [-0.39, 0.29) is 12.5 Å². The normalized spacial score (nSPS) is 10.1. The monoisotopic (exact) mass is 238 g/mol. The summed E-state index contributed by atoms with van der Waals surface area (Å²) in [5.41, 5.74) is 0.894. The molecule has 1 amide bonds. The lowest BCUT2D eigenvalue weighted by Gasteiger charge is -2.09. The van der Waals surface area contributed by atoms with Crippen molar-refractivity contribution in [3.8, 4) is 0 Å². The second kappa shape index (κ2) is 5.83. The lowest BCUT2D eigenvalue weighted by Crippen LogP contribution is -2.18. The maximum absolute atomic E-state index is 11.2. The number of nitrogens with zero attached hydrogens (tertiary/aromatic N) is 1. The number of carbonyl (C=O) groups excluding carboxylic acids is 1. The summed E-state index contributed by atoms with van der Waals surface area (Å²) in [5.74, 6) is -0.947. The molecule has 1 aromatic rings. The summed E-state index contributed by atoms with van der Waals surface area (Å²) in [6, 6.07) is 3.12. The smallest absolute Gasteiger partial charge is 0.411 e. The molecule has 0 unspecified atom stereocenters. The van der Waals surface area contributed by atoms with Crippen LogP contribution in [0.4, 0.5) is 10.5 Å². The highest BCUT2D eigenvalue weighted by Gasteiger charge is 2.06. The van der Waals surface area contributed by atoms with Crippen molar-refractivity contribution in [2.45, 2.75) is 26.4 Å². The molecule has 0 saturated heterocycles. The van der Waals surface area contributed by atoms with Crippen LogP contribution in [0.5, 0.6) is 0 Å². The van der Waals surface area contributed by atoms with Gasteiger partial charge in [-0.1, -0.05) is 0 Å². The molecule has 0 bridgehead atoms. The van der Waals surface area contributed by atoms with Gasteiger partial charge in [-0.2, -0.15) is 0 Å². The number of amides is 1. The highest BCUT2D eigenvalue weighted by Crippen LogP contribution is 2.07. The van der Waals surface area contributed by atoms with Gasteiger partial charge in [-0.3, -0.25) is 15.1 Å². The molecule has 0 atom stereocenters. The van der Waals surface area contributed by atoms with Crippen molar-refractivity contribution in [3.05, 3.63) is 24.0 Å². The Bertz CT molecular complexity index is 400. The van der Waals surface area contributed by atoms with Gasteiger partial charge in [0.2, 0.25) is 0 Å². The van der Waals surface area contributed by atoms with E-state index in [4.69, 9.17) is 9.84 Å². The zero-order chi connectivity index (χ0) is 12.8. The van der Waals surface area contributed by atoms with Crippen molar-refractivity contribution in [3.63, 3.8) is 0 Å². The largest absolute Gasteiger partial charge is 0.481 e. The van der Waals surface area contributed by atoms with Crippen LogP contribution >= 0.6 is 0 Å². The number of hydrogen-bond donors (Lipinski definition) is 2. The van der Waals surface area contributed by atoms with E-state index in [1.54, 1.807) is 26.0 Å². The highest BCUT2D eigenvalue weighted by molar-refractivity contribution is 5.84. The number of aliphatic carboxylic acids is 1. The molecule has 17 heavy (non-hydrogen) atoms. The van der Waals surface area contributed by atoms with Gasteiger partial charge in [0.05, 0.1) is 30.1 Å². The number of hydrogen-bond acceptors (Lipinski definition) is 4. The number of aromatic nitrogens is 1. The van der Waals surface area contributed by atoms with Crippen LogP contribution in [-0.4, -0.2) is 28.3 Å². The fourth-order valence-electron chi connectivity index (χ4n) is 1.12. The van der Waals surface area contributed by atoms with Gasteiger partial charge in [0.1, 0.15) is 0 Å². The molecule has 1 heterocycles. The first-order valence-electron chi connectivity index (χ1n) is 5.11. The number of anilines is 1. The van der Waals surface area contributed by atoms with Gasteiger partial charge >= 0.3 is 12.1 Å². The zero-order valence-corrected chi connectivity index (χ0v) is 9.64. The minimum absolute atomic E-state index is 0.142. The topological polar surface area (TPSA) is 88.5 Å². The summed E-state index contributed by atoms with van der Waals surface area (Å²) in [6.07, 6.45) is 0.485. The molecule has 1 rings (SSSR count). The quantitative estimate of drug-likeness (QED) is 0.832. The summed E-state index contributed by atoms with van der Waals surface area (Å²) in [7, 11) is 0. The Balaban J connectivity index is 2.56. The number of carboxylic acids is 1. The van der Waals surface area contributed by atoms with Crippen LogP contribution in [0.3, 0.4) is 0 Å². The van der Waals surface area contributed by atoms with Crippen molar-refractivity contribution in [1.82, 2.24) is 4.98 Å². The number of rotatable bonds is 4. The molecule has 0 radical (unpaired) electrons. The van der Waals surface area contributed by atoms with Crippen LogP contribution < -0.4 is 5.32 Å². The minimum atomic E-state index is -0.947. The molecular weight excluding hydrogens is 224 g/mol. The SMILES string of the molecule is CC(C)OC(=O)Nc1ccc(CC(=O)O)nc1. The Morgan fingerprint density at radius 1 is 1.47 bits per heavy atom. The van der Waals surface area contributed by atoms with E-state index in [0.29, 0.717) is 11.4 Å². The Morgan fingerprint density at radius 3 is 2.65 bits per heavy atom. The fraction of sp³-hybridized carbons (Fsp3) is 0.364. The van der Waals surface area contributed by atoms with E-state index in [0.717, 1.165) is 0 Å². The van der Waals surface area contributed by atoms with Gasteiger partial charge in [-0.15, -0.1) is 0 Å². The van der Waals surface area contributed by atoms with Crippen LogP contribution in [0.15, 0.2) is 18.3 Å². The van der Waals surface area contributed by atoms with Gasteiger partial charge < -0.3 is 9.84 Å². The molecule has 1 aromatic heterocycles. The summed E-state index contributed by atoms with van der Waals surface area (Å²) in [5, 5.41) is 11.0. The molecular formula is C11H14N2O4. The lowest BCUT2D eigenvalue weighted by atomic mass is 10.2. The molecule has 0 fully saturated rings. The van der Waals surface area contributed by atoms with E-state index in [1.165, 1.54) is 6.20 Å². The van der Waals surface area contributed by atoms with Gasteiger partial charge in [0, 0.05) is 0 Å². The Kier molecular flexibility index (Phi) is 4.45. The maximum atomic E-state index is 11.2. The number of nitrogens with one attached hydrogen (secondary N) is 1. The average molecular weight is 238 g/mol. The van der Waals surface area contributed by atoms with Crippen LogP contribution in [0.2, 0.25) is 0 Å². The second-order valence-electron chi connectivity index (χ2n) is 3.69. The molecule has 0 aromatic carbocycles. The first kappa shape index (κ1) is 13.0. The summed E-state index contributed by atoms with van der Waals surface area (Å²) >= 11 is 0. The molecule has 0 aliphatic heterocycles. The van der Waals surface area contributed by atoms with Crippen LogP contribution in [-0.2, 0) is 16.0 Å². The Morgan fingerprint density at radius 2 is 2.18 bits per heavy atom. The first-order chi connectivity index (χ1) is 7.97. The molecule has 2 N–H and O–H groups in total. The predicted molar refractivity (Wildman–Crippen MR) is 60.8 cm³/mol. The average Bonchev–Trinajstić information content (AvgIpc) is 2.18. The minimum Gasteiger partial charge on any atom is -0.481 e. The highest BCUT2D eigenvalue weighted by atomic mass is 16.6. The molecule has 92 valence electrons. The van der Waals surface area contributed by atoms with Crippen LogP contribution in [0.1, 0.15) is 19.5 Å². The van der Waals surface area contributed by atoms with Gasteiger partial charge in [0.25, 0.3) is 0 Å².